The lowest BCUT2D eigenvalue weighted by molar-refractivity contribution is -0.124. The summed E-state index contributed by atoms with van der Waals surface area (Å²) in [6.07, 6.45) is -1.07. The van der Waals surface area contributed by atoms with E-state index < -0.39 is 22.0 Å². The molecule has 1 atom stereocenters. The summed E-state index contributed by atoms with van der Waals surface area (Å²) in [6, 6.07) is 11.4. The SMILES string of the molecule is NC(=O)[C@@H]1CN(S(=O)(=O)c2cccc3nsnc23)c2ccccc2O1. The van der Waals surface area contributed by atoms with Gasteiger partial charge in [-0.1, -0.05) is 18.2 Å². The van der Waals surface area contributed by atoms with Crippen molar-refractivity contribution in [3.05, 3.63) is 42.5 Å². The van der Waals surface area contributed by atoms with Crippen LogP contribution in [0.25, 0.3) is 11.0 Å². The Balaban J connectivity index is 1.90. The minimum absolute atomic E-state index is 0.0265. The number of hydrogen-bond donors (Lipinski definition) is 1. The summed E-state index contributed by atoms with van der Waals surface area (Å²) in [5.74, 6) is -0.451. The molecule has 4 rings (SSSR count). The van der Waals surface area contributed by atoms with Crippen LogP contribution in [0.15, 0.2) is 47.4 Å². The van der Waals surface area contributed by atoms with E-state index in [-0.39, 0.29) is 17.2 Å². The van der Waals surface area contributed by atoms with Crippen LogP contribution < -0.4 is 14.8 Å². The number of fused-ring (bicyclic) bond motifs is 2. The fraction of sp³-hybridized carbons (Fsp3) is 0.133. The molecule has 1 aromatic heterocycles. The van der Waals surface area contributed by atoms with E-state index in [1.54, 1.807) is 36.4 Å². The highest BCUT2D eigenvalue weighted by Gasteiger charge is 2.37. The molecule has 0 unspecified atom stereocenters. The number of hydrogen-bond acceptors (Lipinski definition) is 7. The molecule has 0 bridgehead atoms. The van der Waals surface area contributed by atoms with Crippen molar-refractivity contribution in [2.24, 2.45) is 5.73 Å². The maximum absolute atomic E-state index is 13.3. The molecule has 128 valence electrons. The number of rotatable bonds is 3. The van der Waals surface area contributed by atoms with Gasteiger partial charge in [0, 0.05) is 0 Å². The molecule has 2 N–H and O–H groups in total. The lowest BCUT2D eigenvalue weighted by Crippen LogP contribution is -2.49. The van der Waals surface area contributed by atoms with Crippen molar-refractivity contribution in [3.63, 3.8) is 0 Å². The van der Waals surface area contributed by atoms with Gasteiger partial charge in [-0.3, -0.25) is 9.10 Å². The fourth-order valence-electron chi connectivity index (χ4n) is 2.69. The third-order valence-corrected chi connectivity index (χ3v) is 6.22. The number of nitrogens with two attached hydrogens (primary N) is 1. The Morgan fingerprint density at radius 1 is 1.20 bits per heavy atom. The molecule has 0 spiro atoms. The molecule has 2 aromatic carbocycles. The van der Waals surface area contributed by atoms with Crippen LogP contribution in [-0.4, -0.2) is 35.7 Å². The van der Waals surface area contributed by atoms with E-state index in [9.17, 15) is 13.2 Å². The van der Waals surface area contributed by atoms with Crippen LogP contribution >= 0.6 is 11.7 Å². The summed E-state index contributed by atoms with van der Waals surface area (Å²) in [5.41, 5.74) is 6.48. The second kappa shape index (κ2) is 5.67. The highest BCUT2D eigenvalue weighted by molar-refractivity contribution is 7.93. The van der Waals surface area contributed by atoms with Gasteiger partial charge in [-0.05, 0) is 24.3 Å². The van der Waals surface area contributed by atoms with Crippen molar-refractivity contribution < 1.29 is 17.9 Å². The van der Waals surface area contributed by atoms with E-state index in [4.69, 9.17) is 10.5 Å². The number of carbonyl (C=O) groups excluding carboxylic acids is 1. The van der Waals surface area contributed by atoms with Crippen LogP contribution in [-0.2, 0) is 14.8 Å². The highest BCUT2D eigenvalue weighted by atomic mass is 32.2. The van der Waals surface area contributed by atoms with Gasteiger partial charge in [0.15, 0.2) is 6.10 Å². The van der Waals surface area contributed by atoms with Crippen LogP contribution in [0.1, 0.15) is 0 Å². The minimum atomic E-state index is -3.99. The van der Waals surface area contributed by atoms with Crippen molar-refractivity contribution in [2.45, 2.75) is 11.0 Å². The molecule has 2 heterocycles. The van der Waals surface area contributed by atoms with E-state index >= 15 is 0 Å². The van der Waals surface area contributed by atoms with E-state index in [1.165, 1.54) is 6.07 Å². The van der Waals surface area contributed by atoms with Crippen molar-refractivity contribution >= 4 is 44.4 Å². The maximum atomic E-state index is 13.3. The number of sulfonamides is 1. The lowest BCUT2D eigenvalue weighted by atomic mass is 10.2. The Morgan fingerprint density at radius 3 is 2.80 bits per heavy atom. The number of ether oxygens (including phenoxy) is 1. The van der Waals surface area contributed by atoms with Crippen molar-refractivity contribution in [2.75, 3.05) is 10.8 Å². The van der Waals surface area contributed by atoms with Crippen LogP contribution in [0.2, 0.25) is 0 Å². The van der Waals surface area contributed by atoms with Crippen molar-refractivity contribution in [3.8, 4) is 5.75 Å². The van der Waals surface area contributed by atoms with Crippen molar-refractivity contribution in [1.82, 2.24) is 8.75 Å². The maximum Gasteiger partial charge on any atom is 0.266 e. The quantitative estimate of drug-likeness (QED) is 0.733. The molecular formula is C15H12N4O4S2. The summed E-state index contributed by atoms with van der Waals surface area (Å²) < 4.78 is 41.4. The first-order valence-electron chi connectivity index (χ1n) is 7.27. The molecule has 0 aliphatic carbocycles. The van der Waals surface area contributed by atoms with Gasteiger partial charge in [-0.2, -0.15) is 8.75 Å². The zero-order valence-electron chi connectivity index (χ0n) is 12.7. The molecule has 1 aliphatic heterocycles. The zero-order valence-corrected chi connectivity index (χ0v) is 14.3. The van der Waals surface area contributed by atoms with Crippen molar-refractivity contribution in [1.29, 1.82) is 0 Å². The third kappa shape index (κ3) is 2.50. The number of nitrogens with zero attached hydrogens (tertiary/aromatic N) is 3. The molecule has 1 aliphatic rings. The monoisotopic (exact) mass is 376 g/mol. The Morgan fingerprint density at radius 2 is 2.00 bits per heavy atom. The smallest absolute Gasteiger partial charge is 0.266 e. The molecule has 0 fully saturated rings. The Labute approximate surface area is 147 Å². The largest absolute Gasteiger partial charge is 0.476 e. The van der Waals surface area contributed by atoms with Crippen LogP contribution in [0, 0.1) is 0 Å². The minimum Gasteiger partial charge on any atom is -0.476 e. The molecule has 0 saturated heterocycles. The van der Waals surface area contributed by atoms with Gasteiger partial charge in [-0.25, -0.2) is 8.42 Å². The number of anilines is 1. The number of carbonyl (C=O) groups is 1. The van der Waals surface area contributed by atoms with E-state index in [2.05, 4.69) is 8.75 Å². The molecule has 10 heteroatoms. The first kappa shape index (κ1) is 15.8. The average Bonchev–Trinajstić information content (AvgIpc) is 3.09. The van der Waals surface area contributed by atoms with Gasteiger partial charge in [-0.15, -0.1) is 0 Å². The first-order chi connectivity index (χ1) is 12.0. The highest BCUT2D eigenvalue weighted by Crippen LogP contribution is 2.37. The molecular weight excluding hydrogens is 364 g/mol. The third-order valence-electron chi connectivity index (χ3n) is 3.87. The number of benzene rings is 2. The average molecular weight is 376 g/mol. The molecule has 25 heavy (non-hydrogen) atoms. The molecule has 0 saturated carbocycles. The summed E-state index contributed by atoms with van der Waals surface area (Å²) in [4.78, 5) is 11.6. The molecule has 3 aromatic rings. The second-order valence-corrected chi connectivity index (χ2v) is 7.76. The van der Waals surface area contributed by atoms with Gasteiger partial charge in [0.05, 0.1) is 24.0 Å². The Hall–Kier alpha value is -2.72. The molecule has 0 radical (unpaired) electrons. The van der Waals surface area contributed by atoms with E-state index in [0.29, 0.717) is 16.7 Å². The summed E-state index contributed by atoms with van der Waals surface area (Å²) in [5, 5.41) is 0. The van der Waals surface area contributed by atoms with Gasteiger partial charge >= 0.3 is 0 Å². The number of para-hydroxylation sites is 2. The topological polar surface area (TPSA) is 115 Å². The van der Waals surface area contributed by atoms with Gasteiger partial charge in [0.1, 0.15) is 21.7 Å². The molecule has 8 nitrogen and oxygen atoms in total. The first-order valence-corrected chi connectivity index (χ1v) is 9.44. The van der Waals surface area contributed by atoms with Crippen LogP contribution in [0.4, 0.5) is 5.69 Å². The lowest BCUT2D eigenvalue weighted by Gasteiger charge is -2.34. The Kier molecular flexibility index (Phi) is 3.58. The number of aromatic nitrogens is 2. The number of amides is 1. The van der Waals surface area contributed by atoms with E-state index in [1.807, 2.05) is 0 Å². The summed E-state index contributed by atoms with van der Waals surface area (Å²) >= 11 is 0.939. The molecule has 1 amide bonds. The standard InChI is InChI=1S/C15H12N4O4S2/c16-15(20)12-8-19(10-5-1-2-6-11(10)23-12)25(21,22)13-7-3-4-9-14(13)18-24-17-9/h1-7,12H,8H2,(H2,16,20)/t12-/m0/s1. The van der Waals surface area contributed by atoms with E-state index in [0.717, 1.165) is 16.0 Å². The van der Waals surface area contributed by atoms with Gasteiger partial charge in [0.2, 0.25) is 0 Å². The van der Waals surface area contributed by atoms with Gasteiger partial charge < -0.3 is 10.5 Å². The summed E-state index contributed by atoms with van der Waals surface area (Å²) in [7, 11) is -3.99. The van der Waals surface area contributed by atoms with Crippen LogP contribution in [0.3, 0.4) is 0 Å². The Bertz CT molecular complexity index is 1080. The summed E-state index contributed by atoms with van der Waals surface area (Å²) in [6.45, 7) is -0.206. The zero-order chi connectivity index (χ0) is 17.6. The van der Waals surface area contributed by atoms with Crippen LogP contribution in [0.5, 0.6) is 5.75 Å². The second-order valence-electron chi connectivity index (χ2n) is 5.40. The predicted molar refractivity (Wildman–Crippen MR) is 92.0 cm³/mol. The number of primary amides is 1. The fourth-order valence-corrected chi connectivity index (χ4v) is 4.92. The van der Waals surface area contributed by atoms with Gasteiger partial charge in [0.25, 0.3) is 15.9 Å². The predicted octanol–water partition coefficient (Wildman–Crippen LogP) is 1.13. The normalized spacial score (nSPS) is 17.1.